The molecule has 4 nitrogen and oxygen atoms in total. The van der Waals surface area contributed by atoms with Gasteiger partial charge in [-0.25, -0.2) is 0 Å². The molecule has 170 valence electrons. The van der Waals surface area contributed by atoms with Crippen molar-refractivity contribution in [2.75, 3.05) is 13.4 Å². The van der Waals surface area contributed by atoms with Gasteiger partial charge in [0.2, 0.25) is 0 Å². The third kappa shape index (κ3) is 2.46. The minimum absolute atomic E-state index is 0.0661. The maximum Gasteiger partial charge on any atom is 0.450 e. The van der Waals surface area contributed by atoms with Crippen molar-refractivity contribution in [2.45, 2.75) is 69.3 Å². The van der Waals surface area contributed by atoms with Gasteiger partial charge < -0.3 is 18.9 Å². The average Bonchev–Trinajstić information content (AvgIpc) is 3.41. The molecular weight excluding hydrogens is 411 g/mol. The maximum absolute atomic E-state index is 16.1. The first kappa shape index (κ1) is 21.1. The van der Waals surface area contributed by atoms with Crippen LogP contribution in [0.5, 0.6) is 0 Å². The number of halogens is 5. The Hall–Kier alpha value is -0.770. The van der Waals surface area contributed by atoms with Crippen LogP contribution in [0.15, 0.2) is 12.2 Å². The Morgan fingerprint density at radius 3 is 2.47 bits per heavy atom. The average molecular weight is 438 g/mol. The first-order chi connectivity index (χ1) is 14.1. The predicted octanol–water partition coefficient (Wildman–Crippen LogP) is 4.89. The number of alkyl halides is 5. The van der Waals surface area contributed by atoms with E-state index in [-0.39, 0.29) is 36.7 Å². The fourth-order valence-electron chi connectivity index (χ4n) is 7.22. The van der Waals surface area contributed by atoms with E-state index in [4.69, 9.17) is 14.2 Å². The first-order valence-corrected chi connectivity index (χ1v) is 10.8. The predicted molar refractivity (Wildman–Crippen MR) is 94.2 cm³/mol. The summed E-state index contributed by atoms with van der Waals surface area (Å²) in [6.45, 7) is 2.14. The number of rotatable bonds is 5. The van der Waals surface area contributed by atoms with Gasteiger partial charge in [0.05, 0.1) is 0 Å². The zero-order valence-corrected chi connectivity index (χ0v) is 17.0. The number of ether oxygens (including phenoxy) is 4. The SMILES string of the molecule is CCCOC(C)OC1(C(F)(F)F)OCOC2(CC3CC2C2C4C=CC(C4)C32)C1(F)F. The topological polar surface area (TPSA) is 36.9 Å². The smallest absolute Gasteiger partial charge is 0.353 e. The number of hydrogen-bond donors (Lipinski definition) is 0. The standard InChI is InChI=1S/C21H27F5O4/c1-3-6-27-11(2)30-20(21(24,25)26)19(22,23)18(28-10-29-20)9-14-8-15(18)17-13-5-4-12(7-13)16(14)17/h4-5,11-17H,3,6-10H2,1-2H3. The van der Waals surface area contributed by atoms with Crippen LogP contribution in [-0.2, 0) is 18.9 Å². The Morgan fingerprint density at radius 1 is 1.10 bits per heavy atom. The third-order valence-electron chi connectivity index (χ3n) is 8.10. The summed E-state index contributed by atoms with van der Waals surface area (Å²) in [5.74, 6) is -8.54. The van der Waals surface area contributed by atoms with Gasteiger partial charge in [0.1, 0.15) is 5.60 Å². The summed E-state index contributed by atoms with van der Waals surface area (Å²) in [5, 5.41) is 0. The zero-order valence-electron chi connectivity index (χ0n) is 17.0. The molecule has 1 heterocycles. The van der Waals surface area contributed by atoms with Crippen molar-refractivity contribution in [1.29, 1.82) is 0 Å². The maximum atomic E-state index is 16.1. The lowest BCUT2D eigenvalue weighted by Gasteiger charge is -2.56. The summed E-state index contributed by atoms with van der Waals surface area (Å²) in [4.78, 5) is 0. The highest BCUT2D eigenvalue weighted by atomic mass is 19.4. The van der Waals surface area contributed by atoms with Crippen molar-refractivity contribution in [3.05, 3.63) is 12.2 Å². The lowest BCUT2D eigenvalue weighted by Crippen LogP contribution is -2.77. The van der Waals surface area contributed by atoms with Gasteiger partial charge in [0, 0.05) is 6.61 Å². The summed E-state index contributed by atoms with van der Waals surface area (Å²) in [6, 6.07) is 0. The highest BCUT2D eigenvalue weighted by Crippen LogP contribution is 2.73. The van der Waals surface area contributed by atoms with Gasteiger partial charge in [-0.15, -0.1) is 0 Å². The van der Waals surface area contributed by atoms with Crippen LogP contribution in [0.3, 0.4) is 0 Å². The van der Waals surface area contributed by atoms with Gasteiger partial charge in [0.15, 0.2) is 13.1 Å². The lowest BCUT2D eigenvalue weighted by molar-refractivity contribution is -0.530. The molecular formula is C21H27F5O4. The van der Waals surface area contributed by atoms with E-state index in [1.165, 1.54) is 6.92 Å². The molecule has 0 radical (unpaired) electrons. The first-order valence-electron chi connectivity index (χ1n) is 10.8. The van der Waals surface area contributed by atoms with E-state index in [0.717, 1.165) is 6.42 Å². The molecule has 3 saturated carbocycles. The summed E-state index contributed by atoms with van der Waals surface area (Å²) in [6.07, 6.45) is -0.989. The molecule has 0 aromatic heterocycles. The molecule has 4 bridgehead atoms. The van der Waals surface area contributed by atoms with Gasteiger partial charge in [-0.2, -0.15) is 22.0 Å². The van der Waals surface area contributed by atoms with Crippen LogP contribution in [0, 0.1) is 35.5 Å². The molecule has 0 aromatic rings. The Balaban J connectivity index is 1.52. The van der Waals surface area contributed by atoms with Crippen molar-refractivity contribution in [3.63, 3.8) is 0 Å². The van der Waals surface area contributed by atoms with Crippen molar-refractivity contribution < 1.29 is 40.9 Å². The molecule has 1 saturated heterocycles. The van der Waals surface area contributed by atoms with Crippen LogP contribution in [0.25, 0.3) is 0 Å². The zero-order chi connectivity index (χ0) is 21.5. The van der Waals surface area contributed by atoms with E-state index in [9.17, 15) is 13.2 Å². The van der Waals surface area contributed by atoms with Gasteiger partial charge in [-0.05, 0) is 68.1 Å². The number of hydrogen-bond acceptors (Lipinski definition) is 4. The molecule has 1 spiro atoms. The van der Waals surface area contributed by atoms with Crippen LogP contribution >= 0.6 is 0 Å². The van der Waals surface area contributed by atoms with E-state index in [1.807, 2.05) is 6.08 Å². The van der Waals surface area contributed by atoms with E-state index in [0.29, 0.717) is 18.8 Å². The Morgan fingerprint density at radius 2 is 1.80 bits per heavy atom. The van der Waals surface area contributed by atoms with Gasteiger partial charge >= 0.3 is 17.9 Å². The summed E-state index contributed by atoms with van der Waals surface area (Å²) in [5.41, 5.74) is -2.24. The monoisotopic (exact) mass is 438 g/mol. The molecule has 5 aliphatic rings. The van der Waals surface area contributed by atoms with Crippen LogP contribution in [0.2, 0.25) is 0 Å². The molecule has 30 heavy (non-hydrogen) atoms. The minimum atomic E-state index is -5.47. The highest BCUT2D eigenvalue weighted by molar-refractivity contribution is 5.27. The van der Waals surface area contributed by atoms with E-state index in [1.54, 1.807) is 6.92 Å². The molecule has 0 aromatic carbocycles. The van der Waals surface area contributed by atoms with Crippen LogP contribution in [0.1, 0.15) is 39.5 Å². The van der Waals surface area contributed by atoms with Crippen molar-refractivity contribution in [1.82, 2.24) is 0 Å². The molecule has 9 atom stereocenters. The van der Waals surface area contributed by atoms with Gasteiger partial charge in [-0.1, -0.05) is 19.1 Å². The van der Waals surface area contributed by atoms with Crippen LogP contribution in [-0.4, -0.2) is 43.2 Å². The second kappa shape index (κ2) is 6.62. The summed E-state index contributed by atoms with van der Waals surface area (Å²) >= 11 is 0. The fraction of sp³-hybridized carbons (Fsp3) is 0.905. The second-order valence-corrected chi connectivity index (χ2v) is 9.45. The second-order valence-electron chi connectivity index (χ2n) is 9.45. The highest BCUT2D eigenvalue weighted by Gasteiger charge is 2.86. The van der Waals surface area contributed by atoms with E-state index in [2.05, 4.69) is 10.8 Å². The summed E-state index contributed by atoms with van der Waals surface area (Å²) in [7, 11) is 0. The quantitative estimate of drug-likeness (QED) is 0.265. The molecule has 9 unspecified atom stereocenters. The molecule has 0 amide bonds. The summed E-state index contributed by atoms with van der Waals surface area (Å²) < 4.78 is 95.0. The van der Waals surface area contributed by atoms with E-state index >= 15 is 8.78 Å². The van der Waals surface area contributed by atoms with Crippen molar-refractivity contribution in [3.8, 4) is 0 Å². The Labute approximate surface area is 172 Å². The van der Waals surface area contributed by atoms with Gasteiger partial charge in [-0.3, -0.25) is 0 Å². The molecule has 9 heteroatoms. The molecule has 5 rings (SSSR count). The Bertz CT molecular complexity index is 727. The molecule has 4 aliphatic carbocycles. The van der Waals surface area contributed by atoms with Gasteiger partial charge in [0.25, 0.3) is 0 Å². The van der Waals surface area contributed by atoms with E-state index < -0.39 is 42.5 Å². The minimum Gasteiger partial charge on any atom is -0.353 e. The molecule has 4 fully saturated rings. The fourth-order valence-corrected chi connectivity index (χ4v) is 7.22. The lowest BCUT2D eigenvalue weighted by atomic mass is 9.64. The number of allylic oxidation sites excluding steroid dienone is 2. The van der Waals surface area contributed by atoms with Crippen molar-refractivity contribution in [2.24, 2.45) is 35.5 Å². The third-order valence-corrected chi connectivity index (χ3v) is 8.10. The van der Waals surface area contributed by atoms with Crippen LogP contribution < -0.4 is 0 Å². The molecule has 1 aliphatic heterocycles. The normalized spacial score (nSPS) is 49.2. The molecule has 0 N–H and O–H groups in total. The largest absolute Gasteiger partial charge is 0.450 e. The number of fused-ring (bicyclic) bond motifs is 10. The van der Waals surface area contributed by atoms with Crippen LogP contribution in [0.4, 0.5) is 22.0 Å². The van der Waals surface area contributed by atoms with Crippen molar-refractivity contribution >= 4 is 0 Å². The Kier molecular flexibility index (Phi) is 4.66.